The minimum Gasteiger partial charge on any atom is -0.477 e. The van der Waals surface area contributed by atoms with E-state index in [9.17, 15) is 0 Å². The topological polar surface area (TPSA) is 50.3 Å². The van der Waals surface area contributed by atoms with Crippen LogP contribution in [0.15, 0.2) is 12.4 Å². The van der Waals surface area contributed by atoms with Gasteiger partial charge in [-0.05, 0) is 33.0 Å². The van der Waals surface area contributed by atoms with Gasteiger partial charge >= 0.3 is 0 Å². The van der Waals surface area contributed by atoms with Gasteiger partial charge in [0, 0.05) is 13.1 Å². The summed E-state index contributed by atoms with van der Waals surface area (Å²) in [6.45, 7) is 7.81. The van der Waals surface area contributed by atoms with E-state index in [0.29, 0.717) is 18.4 Å². The van der Waals surface area contributed by atoms with Crippen LogP contribution in [-0.4, -0.2) is 48.7 Å². The van der Waals surface area contributed by atoms with Gasteiger partial charge in [-0.2, -0.15) is 0 Å². The van der Waals surface area contributed by atoms with Gasteiger partial charge < -0.3 is 15.0 Å². The summed E-state index contributed by atoms with van der Waals surface area (Å²) in [5.74, 6) is 1.25. The number of nitrogens with one attached hydrogen (secondary N) is 1. The fraction of sp³-hybridized carbons (Fsp3) is 0.714. The largest absolute Gasteiger partial charge is 0.477 e. The Morgan fingerprint density at radius 1 is 1.26 bits per heavy atom. The van der Waals surface area contributed by atoms with Crippen LogP contribution in [-0.2, 0) is 6.54 Å². The van der Waals surface area contributed by atoms with Gasteiger partial charge in [0.2, 0.25) is 5.88 Å². The van der Waals surface area contributed by atoms with Crippen LogP contribution in [0, 0.1) is 5.92 Å². The summed E-state index contributed by atoms with van der Waals surface area (Å²) in [4.78, 5) is 10.7. The Labute approximate surface area is 116 Å². The average Bonchev–Trinajstić information content (AvgIpc) is 2.36. The Hall–Kier alpha value is -1.20. The van der Waals surface area contributed by atoms with Crippen molar-refractivity contribution in [3.05, 3.63) is 18.1 Å². The molecular weight excluding hydrogens is 240 g/mol. The van der Waals surface area contributed by atoms with Crippen LogP contribution in [0.3, 0.4) is 0 Å². The van der Waals surface area contributed by atoms with Crippen LogP contribution in [0.25, 0.3) is 0 Å². The zero-order valence-corrected chi connectivity index (χ0v) is 12.5. The molecule has 0 aliphatic heterocycles. The molecule has 0 saturated carbocycles. The van der Waals surface area contributed by atoms with Gasteiger partial charge in [-0.25, -0.2) is 4.98 Å². The summed E-state index contributed by atoms with van der Waals surface area (Å²) < 4.78 is 5.53. The van der Waals surface area contributed by atoms with Crippen molar-refractivity contribution in [2.45, 2.75) is 26.8 Å². The summed E-state index contributed by atoms with van der Waals surface area (Å²) >= 11 is 0. The molecule has 1 heterocycles. The zero-order chi connectivity index (χ0) is 14.1. The second-order valence-electron chi connectivity index (χ2n) is 5.38. The van der Waals surface area contributed by atoms with Crippen LogP contribution in [0.5, 0.6) is 5.88 Å². The molecule has 0 atom stereocenters. The van der Waals surface area contributed by atoms with Gasteiger partial charge in [-0.1, -0.05) is 13.8 Å². The van der Waals surface area contributed by atoms with E-state index in [1.165, 1.54) is 0 Å². The quantitative estimate of drug-likeness (QED) is 0.687. The number of ether oxygens (including phenoxy) is 1. The predicted molar refractivity (Wildman–Crippen MR) is 77.2 cm³/mol. The van der Waals surface area contributed by atoms with Crippen LogP contribution in [0.4, 0.5) is 0 Å². The van der Waals surface area contributed by atoms with Crippen molar-refractivity contribution >= 4 is 0 Å². The van der Waals surface area contributed by atoms with E-state index in [0.717, 1.165) is 31.7 Å². The van der Waals surface area contributed by atoms with Gasteiger partial charge in [-0.3, -0.25) is 4.98 Å². The van der Waals surface area contributed by atoms with Crippen molar-refractivity contribution in [3.63, 3.8) is 0 Å². The minimum absolute atomic E-state index is 0.603. The Morgan fingerprint density at radius 3 is 2.63 bits per heavy atom. The van der Waals surface area contributed by atoms with Crippen molar-refractivity contribution in [2.24, 2.45) is 5.92 Å². The Kier molecular flexibility index (Phi) is 7.36. The molecule has 1 aromatic heterocycles. The molecule has 0 amide bonds. The fourth-order valence-corrected chi connectivity index (χ4v) is 1.56. The zero-order valence-electron chi connectivity index (χ0n) is 12.5. The van der Waals surface area contributed by atoms with E-state index in [1.807, 2.05) is 0 Å². The highest BCUT2D eigenvalue weighted by atomic mass is 16.5. The number of hydrogen-bond donors (Lipinski definition) is 1. The molecule has 0 fully saturated rings. The van der Waals surface area contributed by atoms with Crippen LogP contribution < -0.4 is 10.1 Å². The van der Waals surface area contributed by atoms with Gasteiger partial charge in [0.15, 0.2) is 0 Å². The first-order valence-corrected chi connectivity index (χ1v) is 6.87. The third-order valence-corrected chi connectivity index (χ3v) is 2.54. The van der Waals surface area contributed by atoms with Crippen molar-refractivity contribution in [1.29, 1.82) is 0 Å². The second kappa shape index (κ2) is 8.82. The van der Waals surface area contributed by atoms with Crippen molar-refractivity contribution in [3.8, 4) is 5.88 Å². The number of aromatic nitrogens is 2. The first-order valence-electron chi connectivity index (χ1n) is 6.87. The second-order valence-corrected chi connectivity index (χ2v) is 5.38. The first kappa shape index (κ1) is 15.9. The molecule has 0 aromatic carbocycles. The third kappa shape index (κ3) is 7.74. The molecule has 0 unspecified atom stereocenters. The molecule has 0 spiro atoms. The molecule has 5 heteroatoms. The van der Waals surface area contributed by atoms with Crippen LogP contribution >= 0.6 is 0 Å². The molecule has 0 radical (unpaired) electrons. The third-order valence-electron chi connectivity index (χ3n) is 2.54. The lowest BCUT2D eigenvalue weighted by molar-refractivity contribution is 0.272. The normalized spacial score (nSPS) is 11.3. The van der Waals surface area contributed by atoms with Gasteiger partial charge in [-0.15, -0.1) is 0 Å². The van der Waals surface area contributed by atoms with Crippen molar-refractivity contribution < 1.29 is 4.74 Å². The maximum Gasteiger partial charge on any atom is 0.232 e. The van der Waals surface area contributed by atoms with Gasteiger partial charge in [0.1, 0.15) is 0 Å². The highest BCUT2D eigenvalue weighted by molar-refractivity contribution is 5.07. The Bertz CT molecular complexity index is 338. The first-order chi connectivity index (χ1) is 9.08. The average molecular weight is 266 g/mol. The summed E-state index contributed by atoms with van der Waals surface area (Å²) in [7, 11) is 4.11. The van der Waals surface area contributed by atoms with Crippen LogP contribution in [0.2, 0.25) is 0 Å². The van der Waals surface area contributed by atoms with E-state index in [1.54, 1.807) is 12.4 Å². The molecule has 0 aliphatic rings. The van der Waals surface area contributed by atoms with Gasteiger partial charge in [0.25, 0.3) is 0 Å². The standard InChI is InChI=1S/C14H26N4O/c1-12(2)8-15-9-13-10-17-14(11-16-13)19-7-5-6-18(3)4/h10-12,15H,5-9H2,1-4H3. The lowest BCUT2D eigenvalue weighted by atomic mass is 10.2. The molecule has 1 N–H and O–H groups in total. The summed E-state index contributed by atoms with van der Waals surface area (Å²) in [6.07, 6.45) is 4.46. The molecule has 0 saturated heterocycles. The van der Waals surface area contributed by atoms with E-state index in [4.69, 9.17) is 4.74 Å². The molecule has 0 aliphatic carbocycles. The summed E-state index contributed by atoms with van der Waals surface area (Å²) in [6, 6.07) is 0. The summed E-state index contributed by atoms with van der Waals surface area (Å²) in [5, 5.41) is 3.34. The lowest BCUT2D eigenvalue weighted by Gasteiger charge is -2.10. The summed E-state index contributed by atoms with van der Waals surface area (Å²) in [5.41, 5.74) is 0.946. The lowest BCUT2D eigenvalue weighted by Crippen LogP contribution is -2.19. The number of hydrogen-bond acceptors (Lipinski definition) is 5. The van der Waals surface area contributed by atoms with Crippen molar-refractivity contribution in [1.82, 2.24) is 20.2 Å². The smallest absolute Gasteiger partial charge is 0.232 e. The van der Waals surface area contributed by atoms with E-state index in [2.05, 4.69) is 48.1 Å². The molecule has 108 valence electrons. The van der Waals surface area contributed by atoms with E-state index >= 15 is 0 Å². The van der Waals surface area contributed by atoms with Crippen LogP contribution in [0.1, 0.15) is 26.0 Å². The van der Waals surface area contributed by atoms with Gasteiger partial charge in [0.05, 0.1) is 24.7 Å². The number of nitrogens with zero attached hydrogens (tertiary/aromatic N) is 3. The Balaban J connectivity index is 2.23. The molecule has 1 aromatic rings. The van der Waals surface area contributed by atoms with E-state index < -0.39 is 0 Å². The monoisotopic (exact) mass is 266 g/mol. The number of rotatable bonds is 9. The predicted octanol–water partition coefficient (Wildman–Crippen LogP) is 1.55. The molecule has 0 bridgehead atoms. The fourth-order valence-electron chi connectivity index (χ4n) is 1.56. The highest BCUT2D eigenvalue weighted by Gasteiger charge is 2.00. The SMILES string of the molecule is CC(C)CNCc1cnc(OCCCN(C)C)cn1. The van der Waals surface area contributed by atoms with E-state index in [-0.39, 0.29) is 0 Å². The molecule has 1 rings (SSSR count). The molecule has 19 heavy (non-hydrogen) atoms. The minimum atomic E-state index is 0.603. The maximum atomic E-state index is 5.53. The maximum absolute atomic E-state index is 5.53. The highest BCUT2D eigenvalue weighted by Crippen LogP contribution is 2.04. The molecule has 5 nitrogen and oxygen atoms in total. The Morgan fingerprint density at radius 2 is 2.05 bits per heavy atom. The van der Waals surface area contributed by atoms with Crippen molar-refractivity contribution in [2.75, 3.05) is 33.8 Å². The molecular formula is C14H26N4O.